The highest BCUT2D eigenvalue weighted by atomic mass is 32.3. The van der Waals surface area contributed by atoms with E-state index in [2.05, 4.69) is 0 Å². The van der Waals surface area contributed by atoms with Gasteiger partial charge in [-0.3, -0.25) is 4.79 Å². The summed E-state index contributed by atoms with van der Waals surface area (Å²) >= 11 is -0.382. The predicted molar refractivity (Wildman–Crippen MR) is 88.8 cm³/mol. The van der Waals surface area contributed by atoms with Crippen molar-refractivity contribution in [3.63, 3.8) is 0 Å². The third-order valence-corrected chi connectivity index (χ3v) is 7.45. The lowest BCUT2D eigenvalue weighted by molar-refractivity contribution is -0.126. The molecular formula is C15H29O4S2+. The molecule has 0 bridgehead atoms. The van der Waals surface area contributed by atoms with E-state index < -0.39 is 10.1 Å². The second-order valence-corrected chi connectivity index (χ2v) is 10.5. The fraction of sp³-hybridized carbons (Fsp3) is 0.933. The largest absolute Gasteiger partial charge is 0.311 e. The van der Waals surface area contributed by atoms with Crippen LogP contribution < -0.4 is 0 Å². The topological polar surface area (TPSA) is 60.4 Å². The Balaban J connectivity index is 2.17. The minimum absolute atomic E-state index is 0.0835. The van der Waals surface area contributed by atoms with Gasteiger partial charge in [-0.2, -0.15) is 8.42 Å². The highest BCUT2D eigenvalue weighted by molar-refractivity contribution is 8.02. The summed E-state index contributed by atoms with van der Waals surface area (Å²) in [6.07, 6.45) is 5.98. The summed E-state index contributed by atoms with van der Waals surface area (Å²) in [7, 11) is -3.38. The minimum Gasteiger partial charge on any atom is -0.299 e. The van der Waals surface area contributed by atoms with E-state index in [-0.39, 0.29) is 28.1 Å². The zero-order valence-corrected chi connectivity index (χ0v) is 15.2. The third kappa shape index (κ3) is 8.21. The molecule has 0 atom stereocenters. The number of carbonyl (C=O) groups is 1. The van der Waals surface area contributed by atoms with Crippen molar-refractivity contribution in [2.24, 2.45) is 5.41 Å². The Kier molecular flexibility index (Phi) is 7.71. The maximum Gasteiger partial charge on any atom is 0.311 e. The lowest BCUT2D eigenvalue weighted by Gasteiger charge is -2.16. The summed E-state index contributed by atoms with van der Waals surface area (Å²) in [5, 5.41) is 0. The normalized spacial score (nSPS) is 17.9. The summed E-state index contributed by atoms with van der Waals surface area (Å²) in [6, 6.07) is 0. The Labute approximate surface area is 132 Å². The van der Waals surface area contributed by atoms with Gasteiger partial charge in [0.1, 0.15) is 17.3 Å². The van der Waals surface area contributed by atoms with Crippen molar-refractivity contribution < 1.29 is 16.8 Å². The van der Waals surface area contributed by atoms with Crippen molar-refractivity contribution in [3.05, 3.63) is 0 Å². The van der Waals surface area contributed by atoms with Gasteiger partial charge in [-0.1, -0.05) is 27.2 Å². The van der Waals surface area contributed by atoms with E-state index in [4.69, 9.17) is 3.63 Å². The Hall–Kier alpha value is -0.0700. The van der Waals surface area contributed by atoms with Gasteiger partial charge in [0.2, 0.25) is 0 Å². The molecule has 0 aromatic carbocycles. The van der Waals surface area contributed by atoms with Gasteiger partial charge in [0.05, 0.1) is 5.75 Å². The molecule has 1 aliphatic rings. The summed E-state index contributed by atoms with van der Waals surface area (Å²) < 4.78 is 29.0. The van der Waals surface area contributed by atoms with Crippen LogP contribution in [0, 0.1) is 5.41 Å². The highest BCUT2D eigenvalue weighted by Crippen LogP contribution is 2.20. The maximum absolute atomic E-state index is 11.9. The van der Waals surface area contributed by atoms with E-state index in [1.54, 1.807) is 0 Å². The third-order valence-electron chi connectivity index (χ3n) is 3.58. The Morgan fingerprint density at radius 2 is 1.67 bits per heavy atom. The maximum atomic E-state index is 11.9. The van der Waals surface area contributed by atoms with Crippen LogP contribution in [0.15, 0.2) is 0 Å². The van der Waals surface area contributed by atoms with Gasteiger partial charge in [0.25, 0.3) is 0 Å². The molecule has 0 unspecified atom stereocenters. The van der Waals surface area contributed by atoms with E-state index in [9.17, 15) is 13.2 Å². The predicted octanol–water partition coefficient (Wildman–Crippen LogP) is 3.23. The number of hydrogen-bond donors (Lipinski definition) is 0. The first-order valence-electron chi connectivity index (χ1n) is 7.84. The average molecular weight is 338 g/mol. The molecule has 1 aliphatic heterocycles. The van der Waals surface area contributed by atoms with Gasteiger partial charge < -0.3 is 0 Å². The molecule has 21 heavy (non-hydrogen) atoms. The molecule has 124 valence electrons. The van der Waals surface area contributed by atoms with Crippen molar-refractivity contribution in [2.45, 2.75) is 65.7 Å². The molecule has 6 heteroatoms. The lowest BCUT2D eigenvalue weighted by atomic mass is 9.88. The second-order valence-electron chi connectivity index (χ2n) is 6.72. The first-order chi connectivity index (χ1) is 9.71. The summed E-state index contributed by atoms with van der Waals surface area (Å²) in [5.41, 5.74) is -0.294. The molecule has 0 aromatic rings. The zero-order valence-electron chi connectivity index (χ0n) is 13.5. The fourth-order valence-electron chi connectivity index (χ4n) is 2.17. The van der Waals surface area contributed by atoms with E-state index >= 15 is 0 Å². The fourth-order valence-corrected chi connectivity index (χ4v) is 5.97. The van der Waals surface area contributed by atoms with Gasteiger partial charge in [0.15, 0.2) is 11.2 Å². The monoisotopic (exact) mass is 337 g/mol. The molecule has 1 heterocycles. The molecule has 0 N–H and O–H groups in total. The minimum atomic E-state index is -3.38. The first kappa shape index (κ1) is 19.0. The van der Waals surface area contributed by atoms with Gasteiger partial charge in [-0.25, -0.2) is 0 Å². The number of unbranched alkanes of at least 4 members (excludes halogenated alkanes) is 2. The van der Waals surface area contributed by atoms with Crippen LogP contribution in [0.25, 0.3) is 0 Å². The van der Waals surface area contributed by atoms with Crippen molar-refractivity contribution in [1.29, 1.82) is 0 Å². The molecular weight excluding hydrogens is 308 g/mol. The molecule has 0 radical (unpaired) electrons. The van der Waals surface area contributed by atoms with Crippen molar-refractivity contribution in [1.82, 2.24) is 0 Å². The smallest absolute Gasteiger partial charge is 0.299 e. The van der Waals surface area contributed by atoms with Crippen LogP contribution in [0.4, 0.5) is 0 Å². The summed E-state index contributed by atoms with van der Waals surface area (Å²) in [6.45, 7) is 5.75. The quantitative estimate of drug-likeness (QED) is 0.504. The van der Waals surface area contributed by atoms with Crippen LogP contribution in [0.3, 0.4) is 0 Å². The Bertz CT molecular complexity index is 417. The molecule has 4 nitrogen and oxygen atoms in total. The highest BCUT2D eigenvalue weighted by Gasteiger charge is 2.31. The molecule has 0 amide bonds. The lowest BCUT2D eigenvalue weighted by Crippen LogP contribution is -2.25. The Morgan fingerprint density at radius 3 is 2.24 bits per heavy atom. The molecule has 1 saturated heterocycles. The van der Waals surface area contributed by atoms with Crippen molar-refractivity contribution >= 4 is 27.1 Å². The average Bonchev–Trinajstić information content (AvgIpc) is 2.37. The number of rotatable bonds is 8. The summed E-state index contributed by atoms with van der Waals surface area (Å²) in [5.74, 6) is 2.10. The van der Waals surface area contributed by atoms with Crippen LogP contribution in [0.2, 0.25) is 0 Å². The first-order valence-corrected chi connectivity index (χ1v) is 10.9. The van der Waals surface area contributed by atoms with Gasteiger partial charge in [0, 0.05) is 11.8 Å². The molecule has 1 rings (SSSR count). The SMILES string of the molecule is CC(C)(C)C(=O)CCCCCS(=O)(=O)O[S+]1CCCCC1. The van der Waals surface area contributed by atoms with Crippen LogP contribution >= 0.6 is 0 Å². The Morgan fingerprint density at radius 1 is 1.05 bits per heavy atom. The van der Waals surface area contributed by atoms with Crippen LogP contribution in [0.1, 0.15) is 65.7 Å². The number of hydrogen-bond acceptors (Lipinski definition) is 4. The number of carbonyl (C=O) groups excluding carboxylic acids is 1. The molecule has 1 fully saturated rings. The summed E-state index contributed by atoms with van der Waals surface area (Å²) in [4.78, 5) is 11.7. The molecule has 0 aliphatic carbocycles. The van der Waals surface area contributed by atoms with E-state index in [1.165, 1.54) is 6.42 Å². The second kappa shape index (κ2) is 8.53. The van der Waals surface area contributed by atoms with Gasteiger partial charge in [-0.15, -0.1) is 0 Å². The van der Waals surface area contributed by atoms with Gasteiger partial charge in [-0.05, 0) is 35.7 Å². The van der Waals surface area contributed by atoms with Gasteiger partial charge >= 0.3 is 10.1 Å². The molecule has 0 spiro atoms. The van der Waals surface area contributed by atoms with E-state index in [0.717, 1.165) is 37.2 Å². The number of Topliss-reactive ketones (excluding diaryl/α,β-unsaturated/α-hetero) is 1. The van der Waals surface area contributed by atoms with Crippen LogP contribution in [0.5, 0.6) is 0 Å². The van der Waals surface area contributed by atoms with E-state index in [1.807, 2.05) is 20.8 Å². The standard InChI is InChI=1S/C15H29O4S2/c1-15(2,3)14(16)10-6-4-9-13-21(17,18)19-20-11-7-5-8-12-20/h4-13H2,1-3H3/q+1. The zero-order chi connectivity index (χ0) is 15.9. The molecule has 0 saturated carbocycles. The van der Waals surface area contributed by atoms with E-state index in [0.29, 0.717) is 12.8 Å². The van der Waals surface area contributed by atoms with Crippen molar-refractivity contribution in [2.75, 3.05) is 17.3 Å². The van der Waals surface area contributed by atoms with Crippen LogP contribution in [-0.4, -0.2) is 31.5 Å². The number of ketones is 1. The van der Waals surface area contributed by atoms with Crippen molar-refractivity contribution in [3.8, 4) is 0 Å². The molecule has 0 aromatic heterocycles. The van der Waals surface area contributed by atoms with Crippen LogP contribution in [-0.2, 0) is 29.7 Å².